The quantitative estimate of drug-likeness (QED) is 0.415. The first-order valence-corrected chi connectivity index (χ1v) is 11.8. The number of benzene rings is 2. The summed E-state index contributed by atoms with van der Waals surface area (Å²) in [4.78, 5) is 30.7. The van der Waals surface area contributed by atoms with Crippen LogP contribution < -0.4 is 9.47 Å². The Bertz CT molecular complexity index is 1320. The van der Waals surface area contributed by atoms with Gasteiger partial charge in [0.2, 0.25) is 0 Å². The number of hydrogen-bond donors (Lipinski definition) is 0. The summed E-state index contributed by atoms with van der Waals surface area (Å²) in [5.41, 5.74) is 4.33. The molecule has 1 aliphatic rings. The van der Waals surface area contributed by atoms with Crippen LogP contribution in [0.3, 0.4) is 0 Å². The zero-order chi connectivity index (χ0) is 25.2. The van der Waals surface area contributed by atoms with Crippen molar-refractivity contribution in [3.05, 3.63) is 64.8 Å². The molecule has 0 aliphatic heterocycles. The van der Waals surface area contributed by atoms with Gasteiger partial charge in [-0.05, 0) is 60.2 Å². The highest BCUT2D eigenvalue weighted by molar-refractivity contribution is 6.07. The molecule has 4 rings (SSSR count). The third-order valence-electron chi connectivity index (χ3n) is 6.29. The summed E-state index contributed by atoms with van der Waals surface area (Å²) in [5.74, 6) is 0.715. The Kier molecular flexibility index (Phi) is 6.92. The Labute approximate surface area is 205 Å². The zero-order valence-corrected chi connectivity index (χ0v) is 20.9. The summed E-state index contributed by atoms with van der Waals surface area (Å²) in [6.07, 6.45) is 4.52. The van der Waals surface area contributed by atoms with Gasteiger partial charge in [0.25, 0.3) is 0 Å². The normalized spacial score (nSPS) is 14.5. The largest absolute Gasteiger partial charge is 0.493 e. The number of carbonyl (C=O) groups excluding carboxylic acids is 2. The molecule has 1 aliphatic carbocycles. The molecule has 0 saturated carbocycles. The highest BCUT2D eigenvalue weighted by Gasteiger charge is 2.28. The number of ketones is 1. The number of hydrogen-bond acceptors (Lipinski definition) is 6. The number of allylic oxidation sites excluding steroid dienone is 1. The van der Waals surface area contributed by atoms with E-state index in [9.17, 15) is 9.59 Å². The van der Waals surface area contributed by atoms with Crippen molar-refractivity contribution in [3.63, 3.8) is 0 Å². The number of ether oxygens (including phenoxy) is 3. The molecule has 3 aromatic rings. The minimum atomic E-state index is -0.574. The maximum absolute atomic E-state index is 13.3. The molecule has 6 heteroatoms. The van der Waals surface area contributed by atoms with Crippen molar-refractivity contribution in [2.24, 2.45) is 5.41 Å². The fourth-order valence-electron chi connectivity index (χ4n) is 4.27. The number of esters is 1. The van der Waals surface area contributed by atoms with E-state index in [-0.39, 0.29) is 12.4 Å². The predicted molar refractivity (Wildman–Crippen MR) is 137 cm³/mol. The molecule has 0 spiro atoms. The summed E-state index contributed by atoms with van der Waals surface area (Å²) < 4.78 is 16.3. The molecule has 35 heavy (non-hydrogen) atoms. The molecule has 0 unspecified atom stereocenters. The number of pyridine rings is 1. The van der Waals surface area contributed by atoms with E-state index in [1.54, 1.807) is 14.2 Å². The SMILES string of the molecule is COc1ccc(/C=C2/CCCc3c2nc2ccccc2c3C(=O)OCC(=O)C(C)(C)C)cc1OC. The van der Waals surface area contributed by atoms with Gasteiger partial charge in [-0.3, -0.25) is 4.79 Å². The Morgan fingerprint density at radius 1 is 1.00 bits per heavy atom. The van der Waals surface area contributed by atoms with E-state index < -0.39 is 11.4 Å². The summed E-state index contributed by atoms with van der Waals surface area (Å²) in [7, 11) is 3.22. The van der Waals surface area contributed by atoms with Crippen molar-refractivity contribution in [2.75, 3.05) is 20.8 Å². The fraction of sp³-hybridized carbons (Fsp3) is 0.345. The number of aromatic nitrogens is 1. The molecule has 0 amide bonds. The molecule has 0 N–H and O–H groups in total. The first-order valence-electron chi connectivity index (χ1n) is 11.8. The molecule has 0 bridgehead atoms. The summed E-state index contributed by atoms with van der Waals surface area (Å²) in [6, 6.07) is 13.3. The average Bonchev–Trinajstić information content (AvgIpc) is 2.85. The Balaban J connectivity index is 1.79. The zero-order valence-electron chi connectivity index (χ0n) is 20.9. The van der Waals surface area contributed by atoms with Crippen LogP contribution in [0.15, 0.2) is 42.5 Å². The van der Waals surface area contributed by atoms with Crippen LogP contribution in [0.2, 0.25) is 0 Å². The fourth-order valence-corrected chi connectivity index (χ4v) is 4.27. The van der Waals surface area contributed by atoms with Gasteiger partial charge in [-0.1, -0.05) is 45.0 Å². The van der Waals surface area contributed by atoms with E-state index in [1.807, 2.05) is 63.2 Å². The molecule has 0 saturated heterocycles. The van der Waals surface area contributed by atoms with Gasteiger partial charge in [0.05, 0.1) is 31.0 Å². The van der Waals surface area contributed by atoms with E-state index in [2.05, 4.69) is 6.08 Å². The lowest BCUT2D eigenvalue weighted by molar-refractivity contribution is -0.129. The van der Waals surface area contributed by atoms with Crippen LogP contribution in [-0.2, 0) is 16.0 Å². The molecule has 6 nitrogen and oxygen atoms in total. The van der Waals surface area contributed by atoms with Crippen molar-refractivity contribution in [2.45, 2.75) is 40.0 Å². The number of Topliss-reactive ketones (excluding diaryl/α,β-unsaturated/α-hetero) is 1. The Hall–Kier alpha value is -3.67. The third-order valence-corrected chi connectivity index (χ3v) is 6.29. The molecular formula is C29H31NO5. The van der Waals surface area contributed by atoms with Crippen molar-refractivity contribution >= 4 is 34.3 Å². The highest BCUT2D eigenvalue weighted by Crippen LogP contribution is 2.37. The van der Waals surface area contributed by atoms with Gasteiger partial charge >= 0.3 is 5.97 Å². The smallest absolute Gasteiger partial charge is 0.339 e. The van der Waals surface area contributed by atoms with Gasteiger partial charge in [-0.2, -0.15) is 0 Å². The molecule has 1 heterocycles. The van der Waals surface area contributed by atoms with Crippen molar-refractivity contribution in [3.8, 4) is 11.5 Å². The number of carbonyl (C=O) groups is 2. The monoisotopic (exact) mass is 473 g/mol. The van der Waals surface area contributed by atoms with Crippen LogP contribution >= 0.6 is 0 Å². The van der Waals surface area contributed by atoms with Crippen LogP contribution in [0.1, 0.15) is 60.8 Å². The second kappa shape index (κ2) is 9.90. The second-order valence-corrected chi connectivity index (χ2v) is 9.72. The van der Waals surface area contributed by atoms with E-state index in [1.165, 1.54) is 0 Å². The summed E-state index contributed by atoms with van der Waals surface area (Å²) in [5, 5.41) is 0.742. The van der Waals surface area contributed by atoms with E-state index in [0.717, 1.165) is 46.1 Å². The van der Waals surface area contributed by atoms with E-state index in [4.69, 9.17) is 19.2 Å². The van der Waals surface area contributed by atoms with Crippen LogP contribution in [-0.4, -0.2) is 37.6 Å². The minimum Gasteiger partial charge on any atom is -0.493 e. The number of methoxy groups -OCH3 is 2. The number of rotatable bonds is 6. The van der Waals surface area contributed by atoms with Gasteiger partial charge in [-0.15, -0.1) is 0 Å². The maximum Gasteiger partial charge on any atom is 0.339 e. The molecule has 0 fully saturated rings. The average molecular weight is 474 g/mol. The van der Waals surface area contributed by atoms with Gasteiger partial charge < -0.3 is 14.2 Å². The lowest BCUT2D eigenvalue weighted by Crippen LogP contribution is -2.27. The van der Waals surface area contributed by atoms with Gasteiger partial charge in [-0.25, -0.2) is 9.78 Å². The standard InChI is InChI=1S/C29H31NO5/c1-29(2,3)25(31)17-35-28(32)26-20-10-6-7-12-22(20)30-27-19(9-8-11-21(26)27)15-18-13-14-23(33-4)24(16-18)34-5/h6-7,10,12-16H,8-9,11,17H2,1-5H3/b19-15-. The van der Waals surface area contributed by atoms with Crippen LogP contribution in [0, 0.1) is 5.41 Å². The second-order valence-electron chi connectivity index (χ2n) is 9.72. The number of para-hydroxylation sites is 1. The Morgan fingerprint density at radius 3 is 2.46 bits per heavy atom. The van der Waals surface area contributed by atoms with Gasteiger partial charge in [0.1, 0.15) is 0 Å². The lowest BCUT2D eigenvalue weighted by atomic mass is 9.86. The summed E-state index contributed by atoms with van der Waals surface area (Å²) >= 11 is 0. The van der Waals surface area contributed by atoms with E-state index in [0.29, 0.717) is 23.5 Å². The van der Waals surface area contributed by atoms with Crippen molar-refractivity contribution in [1.82, 2.24) is 4.98 Å². The van der Waals surface area contributed by atoms with Gasteiger partial charge in [0, 0.05) is 10.8 Å². The third kappa shape index (κ3) is 5.06. The molecule has 0 atom stereocenters. The maximum atomic E-state index is 13.3. The highest BCUT2D eigenvalue weighted by atomic mass is 16.5. The minimum absolute atomic E-state index is 0.118. The van der Waals surface area contributed by atoms with Gasteiger partial charge in [0.15, 0.2) is 23.9 Å². The summed E-state index contributed by atoms with van der Waals surface area (Å²) in [6.45, 7) is 5.20. The van der Waals surface area contributed by atoms with E-state index >= 15 is 0 Å². The molecular weight excluding hydrogens is 442 g/mol. The van der Waals surface area contributed by atoms with Crippen molar-refractivity contribution in [1.29, 1.82) is 0 Å². The topological polar surface area (TPSA) is 74.7 Å². The van der Waals surface area contributed by atoms with Crippen LogP contribution in [0.5, 0.6) is 11.5 Å². The molecule has 1 aromatic heterocycles. The number of nitrogens with zero attached hydrogens (tertiary/aromatic N) is 1. The molecule has 0 radical (unpaired) electrons. The van der Waals surface area contributed by atoms with Crippen LogP contribution in [0.25, 0.3) is 22.6 Å². The Morgan fingerprint density at radius 2 is 1.74 bits per heavy atom. The predicted octanol–water partition coefficient (Wildman–Crippen LogP) is 5.90. The first-order chi connectivity index (χ1) is 16.7. The van der Waals surface area contributed by atoms with Crippen molar-refractivity contribution < 1.29 is 23.8 Å². The molecule has 182 valence electrons. The number of fused-ring (bicyclic) bond motifs is 2. The lowest BCUT2D eigenvalue weighted by Gasteiger charge is -2.23. The molecule has 2 aromatic carbocycles. The van der Waals surface area contributed by atoms with Crippen LogP contribution in [0.4, 0.5) is 0 Å². The first kappa shape index (κ1) is 24.5.